The maximum Gasteiger partial charge on any atom is 0.136 e. The molecule has 0 aliphatic rings. The fourth-order valence-corrected chi connectivity index (χ4v) is 1.31. The van der Waals surface area contributed by atoms with Crippen molar-refractivity contribution in [2.24, 2.45) is 0 Å². The predicted molar refractivity (Wildman–Crippen MR) is 50.0 cm³/mol. The standard InChI is InChI=1S/C10H11NO/c1-2-7-6-8-9(11)4-3-5-10(8)12-7/h3-6H,2,11H2,1H3. The molecule has 2 aromatic rings. The van der Waals surface area contributed by atoms with Crippen molar-refractivity contribution >= 4 is 16.7 Å². The van der Waals surface area contributed by atoms with Crippen LogP contribution < -0.4 is 5.73 Å². The Kier molecular flexibility index (Phi) is 1.54. The molecule has 12 heavy (non-hydrogen) atoms. The van der Waals surface area contributed by atoms with Gasteiger partial charge in [-0.3, -0.25) is 0 Å². The van der Waals surface area contributed by atoms with Crippen LogP contribution in [0.3, 0.4) is 0 Å². The minimum atomic E-state index is 0.788. The van der Waals surface area contributed by atoms with Gasteiger partial charge in [-0.25, -0.2) is 0 Å². The van der Waals surface area contributed by atoms with E-state index in [4.69, 9.17) is 10.2 Å². The zero-order valence-corrected chi connectivity index (χ0v) is 7.00. The molecular formula is C10H11NO. The van der Waals surface area contributed by atoms with Crippen LogP contribution in [-0.4, -0.2) is 0 Å². The van der Waals surface area contributed by atoms with Gasteiger partial charge in [0.25, 0.3) is 0 Å². The van der Waals surface area contributed by atoms with E-state index in [2.05, 4.69) is 6.92 Å². The van der Waals surface area contributed by atoms with Gasteiger partial charge in [0.2, 0.25) is 0 Å². The molecule has 2 N–H and O–H groups in total. The summed E-state index contributed by atoms with van der Waals surface area (Å²) in [5, 5.41) is 1.02. The molecule has 1 aromatic heterocycles. The molecule has 0 atom stereocenters. The number of rotatable bonds is 1. The second kappa shape index (κ2) is 2.55. The Morgan fingerprint density at radius 3 is 2.92 bits per heavy atom. The molecule has 2 heteroatoms. The summed E-state index contributed by atoms with van der Waals surface area (Å²) in [6.07, 6.45) is 0.911. The van der Waals surface area contributed by atoms with Crippen molar-refractivity contribution in [3.8, 4) is 0 Å². The van der Waals surface area contributed by atoms with Gasteiger partial charge in [-0.2, -0.15) is 0 Å². The van der Waals surface area contributed by atoms with Gasteiger partial charge in [-0.15, -0.1) is 0 Å². The van der Waals surface area contributed by atoms with Crippen LogP contribution in [0.15, 0.2) is 28.7 Å². The second-order valence-electron chi connectivity index (χ2n) is 2.83. The predicted octanol–water partition coefficient (Wildman–Crippen LogP) is 2.58. The van der Waals surface area contributed by atoms with Gasteiger partial charge in [0.15, 0.2) is 0 Å². The average molecular weight is 161 g/mol. The molecule has 0 saturated heterocycles. The molecule has 62 valence electrons. The van der Waals surface area contributed by atoms with Crippen LogP contribution in [0.1, 0.15) is 12.7 Å². The molecule has 0 amide bonds. The highest BCUT2D eigenvalue weighted by atomic mass is 16.3. The van der Waals surface area contributed by atoms with Crippen LogP contribution in [-0.2, 0) is 6.42 Å². The van der Waals surface area contributed by atoms with Crippen LogP contribution in [0.25, 0.3) is 11.0 Å². The molecule has 0 unspecified atom stereocenters. The van der Waals surface area contributed by atoms with Crippen LogP contribution in [0.5, 0.6) is 0 Å². The largest absolute Gasteiger partial charge is 0.461 e. The second-order valence-corrected chi connectivity index (χ2v) is 2.83. The molecule has 0 spiro atoms. The molecule has 2 nitrogen and oxygen atoms in total. The number of fused-ring (bicyclic) bond motifs is 1. The molecule has 1 aromatic carbocycles. The molecule has 0 saturated carbocycles. The first-order valence-electron chi connectivity index (χ1n) is 4.08. The van der Waals surface area contributed by atoms with E-state index in [1.165, 1.54) is 0 Å². The Hall–Kier alpha value is -1.44. The minimum Gasteiger partial charge on any atom is -0.461 e. The molecular weight excluding hydrogens is 150 g/mol. The van der Waals surface area contributed by atoms with Gasteiger partial charge >= 0.3 is 0 Å². The lowest BCUT2D eigenvalue weighted by Gasteiger charge is -1.91. The molecule has 0 aliphatic heterocycles. The lowest BCUT2D eigenvalue weighted by atomic mass is 10.2. The Labute approximate surface area is 71.0 Å². The number of aryl methyl sites for hydroxylation is 1. The number of nitrogens with two attached hydrogens (primary N) is 1. The van der Waals surface area contributed by atoms with Crippen molar-refractivity contribution in [3.05, 3.63) is 30.0 Å². The van der Waals surface area contributed by atoms with E-state index in [9.17, 15) is 0 Å². The zero-order valence-electron chi connectivity index (χ0n) is 7.00. The number of nitrogen functional groups attached to an aromatic ring is 1. The van der Waals surface area contributed by atoms with Gasteiger partial charge in [0.05, 0.1) is 0 Å². The van der Waals surface area contributed by atoms with E-state index in [-0.39, 0.29) is 0 Å². The van der Waals surface area contributed by atoms with E-state index in [1.54, 1.807) is 0 Å². The Morgan fingerprint density at radius 1 is 1.42 bits per heavy atom. The normalized spacial score (nSPS) is 10.8. The molecule has 1 heterocycles. The van der Waals surface area contributed by atoms with Gasteiger partial charge in [0, 0.05) is 17.5 Å². The SMILES string of the molecule is CCc1cc2c(N)cccc2o1. The summed E-state index contributed by atoms with van der Waals surface area (Å²) in [6.45, 7) is 2.06. The van der Waals surface area contributed by atoms with E-state index in [0.29, 0.717) is 0 Å². The Balaban J connectivity index is 2.74. The van der Waals surface area contributed by atoms with E-state index in [0.717, 1.165) is 28.8 Å². The van der Waals surface area contributed by atoms with Crippen LogP contribution >= 0.6 is 0 Å². The molecule has 0 radical (unpaired) electrons. The summed E-state index contributed by atoms with van der Waals surface area (Å²) in [6, 6.07) is 7.73. The third-order valence-corrected chi connectivity index (χ3v) is 1.99. The van der Waals surface area contributed by atoms with Crippen LogP contribution in [0, 0.1) is 0 Å². The quantitative estimate of drug-likeness (QED) is 0.653. The molecule has 0 bridgehead atoms. The first-order valence-corrected chi connectivity index (χ1v) is 4.08. The summed E-state index contributed by atoms with van der Waals surface area (Å²) in [5.41, 5.74) is 7.43. The zero-order chi connectivity index (χ0) is 8.55. The van der Waals surface area contributed by atoms with Crippen LogP contribution in [0.2, 0.25) is 0 Å². The summed E-state index contributed by atoms with van der Waals surface area (Å²) >= 11 is 0. The maximum atomic E-state index is 5.76. The molecule has 0 aliphatic carbocycles. The summed E-state index contributed by atoms with van der Waals surface area (Å²) < 4.78 is 5.52. The van der Waals surface area contributed by atoms with Gasteiger partial charge < -0.3 is 10.2 Å². The number of benzene rings is 1. The first kappa shape index (κ1) is 7.22. The van der Waals surface area contributed by atoms with Crippen molar-refractivity contribution in [1.82, 2.24) is 0 Å². The fourth-order valence-electron chi connectivity index (χ4n) is 1.31. The number of anilines is 1. The fraction of sp³-hybridized carbons (Fsp3) is 0.200. The van der Waals surface area contributed by atoms with Gasteiger partial charge in [0.1, 0.15) is 11.3 Å². The van der Waals surface area contributed by atoms with Crippen molar-refractivity contribution in [2.45, 2.75) is 13.3 Å². The number of hydrogen-bond acceptors (Lipinski definition) is 2. The maximum absolute atomic E-state index is 5.76. The monoisotopic (exact) mass is 161 g/mol. The highest BCUT2D eigenvalue weighted by molar-refractivity contribution is 5.89. The first-order chi connectivity index (χ1) is 5.81. The average Bonchev–Trinajstić information content (AvgIpc) is 2.49. The van der Waals surface area contributed by atoms with Gasteiger partial charge in [-0.1, -0.05) is 13.0 Å². The highest BCUT2D eigenvalue weighted by Crippen LogP contribution is 2.24. The molecule has 2 rings (SSSR count). The van der Waals surface area contributed by atoms with Crippen molar-refractivity contribution in [2.75, 3.05) is 5.73 Å². The van der Waals surface area contributed by atoms with Gasteiger partial charge in [-0.05, 0) is 18.2 Å². The van der Waals surface area contributed by atoms with Crippen molar-refractivity contribution in [1.29, 1.82) is 0 Å². The lowest BCUT2D eigenvalue weighted by Crippen LogP contribution is -1.82. The van der Waals surface area contributed by atoms with Crippen molar-refractivity contribution in [3.63, 3.8) is 0 Å². The summed E-state index contributed by atoms with van der Waals surface area (Å²) in [7, 11) is 0. The minimum absolute atomic E-state index is 0.788. The third kappa shape index (κ3) is 0.961. The van der Waals surface area contributed by atoms with Crippen LogP contribution in [0.4, 0.5) is 5.69 Å². The number of hydrogen-bond donors (Lipinski definition) is 1. The summed E-state index contributed by atoms with van der Waals surface area (Å²) in [4.78, 5) is 0. The topological polar surface area (TPSA) is 39.2 Å². The Morgan fingerprint density at radius 2 is 2.25 bits per heavy atom. The highest BCUT2D eigenvalue weighted by Gasteiger charge is 2.03. The van der Waals surface area contributed by atoms with E-state index >= 15 is 0 Å². The molecule has 0 fully saturated rings. The Bertz CT molecular complexity index is 403. The lowest BCUT2D eigenvalue weighted by molar-refractivity contribution is 0.557. The third-order valence-electron chi connectivity index (χ3n) is 1.99. The number of furan rings is 1. The smallest absolute Gasteiger partial charge is 0.136 e. The summed E-state index contributed by atoms with van der Waals surface area (Å²) in [5.74, 6) is 0.989. The van der Waals surface area contributed by atoms with Crippen molar-refractivity contribution < 1.29 is 4.42 Å². The van der Waals surface area contributed by atoms with E-state index in [1.807, 2.05) is 24.3 Å². The van der Waals surface area contributed by atoms with E-state index < -0.39 is 0 Å².